The van der Waals surface area contributed by atoms with Crippen molar-refractivity contribution in [1.29, 1.82) is 0 Å². The molecule has 1 aliphatic rings. The zero-order chi connectivity index (χ0) is 29.6. The van der Waals surface area contributed by atoms with E-state index in [9.17, 15) is 22.8 Å². The molecule has 1 fully saturated rings. The first kappa shape index (κ1) is 29.7. The summed E-state index contributed by atoms with van der Waals surface area (Å²) in [6.07, 6.45) is -1.65. The first-order valence-corrected chi connectivity index (χ1v) is 12.9. The minimum atomic E-state index is -4.57. The van der Waals surface area contributed by atoms with Crippen LogP contribution in [0.3, 0.4) is 0 Å². The Balaban J connectivity index is 1.47. The number of likely N-dealkylation sites (N-methyl/N-ethyl adjacent to an activating group) is 1. The molecule has 0 saturated carbocycles. The number of anilines is 3. The van der Waals surface area contributed by atoms with Crippen LogP contribution in [0.2, 0.25) is 0 Å². The molecular formula is C28H32F3N7O3. The van der Waals surface area contributed by atoms with Crippen LogP contribution < -0.4 is 20.7 Å². The van der Waals surface area contributed by atoms with Crippen molar-refractivity contribution in [2.75, 3.05) is 56.3 Å². The predicted molar refractivity (Wildman–Crippen MR) is 149 cm³/mol. The second-order valence-corrected chi connectivity index (χ2v) is 9.78. The average molecular weight is 572 g/mol. The summed E-state index contributed by atoms with van der Waals surface area (Å²) in [4.78, 5) is 36.7. The minimum Gasteiger partial charge on any atom is -0.497 e. The topological polar surface area (TPSA) is 112 Å². The smallest absolute Gasteiger partial charge is 0.416 e. The Morgan fingerprint density at radius 1 is 0.976 bits per heavy atom. The monoisotopic (exact) mass is 571 g/mol. The first-order valence-electron chi connectivity index (χ1n) is 12.9. The van der Waals surface area contributed by atoms with Gasteiger partial charge in [0.05, 0.1) is 37.3 Å². The summed E-state index contributed by atoms with van der Waals surface area (Å²) in [7, 11) is 3.43. The molecule has 3 N–H and O–H groups in total. The average Bonchev–Trinajstić information content (AvgIpc) is 2.93. The van der Waals surface area contributed by atoms with Gasteiger partial charge in [-0.1, -0.05) is 6.07 Å². The van der Waals surface area contributed by atoms with E-state index in [1.165, 1.54) is 44.6 Å². The first-order chi connectivity index (χ1) is 19.5. The van der Waals surface area contributed by atoms with E-state index in [1.54, 1.807) is 12.1 Å². The van der Waals surface area contributed by atoms with E-state index in [0.29, 0.717) is 36.0 Å². The molecule has 2 heterocycles. The van der Waals surface area contributed by atoms with Crippen LogP contribution in [-0.4, -0.2) is 71.9 Å². The Hall–Kier alpha value is -4.23. The molecule has 0 radical (unpaired) electrons. The fraction of sp³-hybridized carbons (Fsp3) is 0.357. The van der Waals surface area contributed by atoms with Crippen molar-refractivity contribution in [3.8, 4) is 5.75 Å². The highest BCUT2D eigenvalue weighted by molar-refractivity contribution is 6.05. The molecule has 1 aromatic heterocycles. The van der Waals surface area contributed by atoms with E-state index in [0.717, 1.165) is 19.2 Å². The third kappa shape index (κ3) is 8.38. The van der Waals surface area contributed by atoms with E-state index < -0.39 is 17.6 Å². The van der Waals surface area contributed by atoms with Gasteiger partial charge in [0, 0.05) is 62.7 Å². The van der Waals surface area contributed by atoms with Crippen LogP contribution >= 0.6 is 0 Å². The summed E-state index contributed by atoms with van der Waals surface area (Å²) in [5.74, 6) is -0.150. The van der Waals surface area contributed by atoms with Crippen LogP contribution in [0.5, 0.6) is 5.75 Å². The van der Waals surface area contributed by atoms with Crippen molar-refractivity contribution in [1.82, 2.24) is 19.8 Å². The second-order valence-electron chi connectivity index (χ2n) is 9.78. The van der Waals surface area contributed by atoms with Gasteiger partial charge in [-0.3, -0.25) is 19.5 Å². The van der Waals surface area contributed by atoms with E-state index in [4.69, 9.17) is 4.74 Å². The van der Waals surface area contributed by atoms with Crippen molar-refractivity contribution in [2.24, 2.45) is 0 Å². The number of nitrogens with zero attached hydrogens (tertiary/aromatic N) is 4. The molecule has 1 aliphatic heterocycles. The summed E-state index contributed by atoms with van der Waals surface area (Å²) < 4.78 is 47.2. The SMILES string of the molecule is COc1cc(NCc2cnc(NC(C)=O)cn2)cc(C(=O)Nc2ccc(CN3CCN(C)CC3)c(C(F)(F)F)c2)c1. The van der Waals surface area contributed by atoms with Crippen molar-refractivity contribution >= 4 is 29.0 Å². The number of carbonyl (C=O) groups excluding carboxylic acids is 2. The largest absolute Gasteiger partial charge is 0.497 e. The van der Waals surface area contributed by atoms with Crippen LogP contribution in [0.15, 0.2) is 48.8 Å². The highest BCUT2D eigenvalue weighted by atomic mass is 19.4. The molecule has 0 aliphatic carbocycles. The van der Waals surface area contributed by atoms with Gasteiger partial charge in [0.15, 0.2) is 5.82 Å². The van der Waals surface area contributed by atoms with Crippen molar-refractivity contribution in [3.63, 3.8) is 0 Å². The molecule has 0 bridgehead atoms. The number of aromatic nitrogens is 2. The molecule has 0 spiro atoms. The maximum atomic E-state index is 14.0. The number of amides is 2. The number of hydrogen-bond acceptors (Lipinski definition) is 8. The summed E-state index contributed by atoms with van der Waals surface area (Å²) in [5.41, 5.74) is 0.726. The lowest BCUT2D eigenvalue weighted by Crippen LogP contribution is -2.44. The Kier molecular flexibility index (Phi) is 9.40. The van der Waals surface area contributed by atoms with E-state index >= 15 is 0 Å². The van der Waals surface area contributed by atoms with Crippen LogP contribution in [0, 0.1) is 0 Å². The van der Waals surface area contributed by atoms with Gasteiger partial charge in [-0.25, -0.2) is 4.98 Å². The maximum Gasteiger partial charge on any atom is 0.416 e. The van der Waals surface area contributed by atoms with Gasteiger partial charge in [0.2, 0.25) is 5.91 Å². The molecule has 41 heavy (non-hydrogen) atoms. The number of rotatable bonds is 9. The van der Waals surface area contributed by atoms with E-state index in [2.05, 4.69) is 30.8 Å². The molecule has 13 heteroatoms. The van der Waals surface area contributed by atoms with Crippen LogP contribution in [0.1, 0.15) is 34.1 Å². The van der Waals surface area contributed by atoms with E-state index in [1.807, 2.05) is 11.9 Å². The summed E-state index contributed by atoms with van der Waals surface area (Å²) >= 11 is 0. The fourth-order valence-corrected chi connectivity index (χ4v) is 4.34. The zero-order valence-electron chi connectivity index (χ0n) is 23.0. The van der Waals surface area contributed by atoms with Gasteiger partial charge in [0.25, 0.3) is 5.91 Å². The number of alkyl halides is 3. The number of piperazine rings is 1. The van der Waals surface area contributed by atoms with Gasteiger partial charge in [-0.15, -0.1) is 0 Å². The maximum absolute atomic E-state index is 14.0. The van der Waals surface area contributed by atoms with Gasteiger partial charge < -0.3 is 25.6 Å². The lowest BCUT2D eigenvalue weighted by Gasteiger charge is -2.33. The number of ether oxygens (including phenoxy) is 1. The molecule has 2 amide bonds. The quantitative estimate of drug-likeness (QED) is 0.353. The van der Waals surface area contributed by atoms with Gasteiger partial charge in [-0.05, 0) is 36.9 Å². The highest BCUT2D eigenvalue weighted by Crippen LogP contribution is 2.35. The van der Waals surface area contributed by atoms with Gasteiger partial charge in [0.1, 0.15) is 5.75 Å². The van der Waals surface area contributed by atoms with Gasteiger partial charge in [-0.2, -0.15) is 13.2 Å². The second kappa shape index (κ2) is 13.0. The standard InChI is InChI=1S/C28H32F3N7O3/c1-18(39)35-26-16-33-23(15-34-26)14-32-22-10-20(11-24(12-22)41-3)27(40)36-21-5-4-19(25(13-21)28(29,30)31)17-38-8-6-37(2)7-9-38/h4-5,10-13,15-16,32H,6-9,14,17H2,1-3H3,(H,36,40)(H,34,35,39). The van der Waals surface area contributed by atoms with Crippen molar-refractivity contribution in [3.05, 3.63) is 71.2 Å². The number of hydrogen-bond donors (Lipinski definition) is 3. The normalized spacial score (nSPS) is 14.4. The molecule has 0 atom stereocenters. The van der Waals surface area contributed by atoms with Gasteiger partial charge >= 0.3 is 6.18 Å². The van der Waals surface area contributed by atoms with Crippen LogP contribution in [0.25, 0.3) is 0 Å². The Morgan fingerprint density at radius 3 is 2.37 bits per heavy atom. The minimum absolute atomic E-state index is 0.0383. The van der Waals surface area contributed by atoms with Crippen molar-refractivity contribution < 1.29 is 27.5 Å². The molecule has 218 valence electrons. The molecule has 0 unspecified atom stereocenters. The molecule has 2 aromatic carbocycles. The molecule has 1 saturated heterocycles. The Morgan fingerprint density at radius 2 is 1.73 bits per heavy atom. The van der Waals surface area contributed by atoms with Crippen LogP contribution in [0.4, 0.5) is 30.4 Å². The Labute approximate surface area is 235 Å². The summed E-state index contributed by atoms with van der Waals surface area (Å²) in [6, 6.07) is 8.61. The highest BCUT2D eigenvalue weighted by Gasteiger charge is 2.34. The molecule has 3 aromatic rings. The zero-order valence-corrected chi connectivity index (χ0v) is 23.0. The number of carbonyl (C=O) groups is 2. The third-order valence-corrected chi connectivity index (χ3v) is 6.55. The predicted octanol–water partition coefficient (Wildman–Crippen LogP) is 4.07. The lowest BCUT2D eigenvalue weighted by atomic mass is 10.0. The lowest BCUT2D eigenvalue weighted by molar-refractivity contribution is -0.138. The van der Waals surface area contributed by atoms with Crippen molar-refractivity contribution in [2.45, 2.75) is 26.2 Å². The number of methoxy groups -OCH3 is 1. The number of nitrogens with one attached hydrogen (secondary N) is 3. The van der Waals surface area contributed by atoms with E-state index in [-0.39, 0.29) is 35.8 Å². The molecule has 4 rings (SSSR count). The van der Waals surface area contributed by atoms with Crippen LogP contribution in [-0.2, 0) is 24.1 Å². The molecular weight excluding hydrogens is 539 g/mol. The third-order valence-electron chi connectivity index (χ3n) is 6.55. The fourth-order valence-electron chi connectivity index (χ4n) is 4.34. The number of benzene rings is 2. The summed E-state index contributed by atoms with van der Waals surface area (Å²) in [6.45, 7) is 4.78. The molecule has 10 nitrogen and oxygen atoms in total. The summed E-state index contributed by atoms with van der Waals surface area (Å²) in [5, 5.41) is 8.24. The number of halogens is 3. The Bertz CT molecular complexity index is 1380.